The molecule has 0 saturated carbocycles. The van der Waals surface area contributed by atoms with Gasteiger partial charge in [-0.3, -0.25) is 0 Å². The first-order chi connectivity index (χ1) is 8.76. The van der Waals surface area contributed by atoms with Gasteiger partial charge in [0, 0.05) is 17.7 Å². The summed E-state index contributed by atoms with van der Waals surface area (Å²) >= 11 is 0. The Morgan fingerprint density at radius 3 is 2.00 bits per heavy atom. The van der Waals surface area contributed by atoms with Gasteiger partial charge in [-0.25, -0.2) is 0 Å². The van der Waals surface area contributed by atoms with Crippen LogP contribution in [-0.4, -0.2) is 34.4 Å². The van der Waals surface area contributed by atoms with Gasteiger partial charge in [-0.1, -0.05) is 6.92 Å². The van der Waals surface area contributed by atoms with Crippen LogP contribution in [0.15, 0.2) is 12.1 Å². The summed E-state index contributed by atoms with van der Waals surface area (Å²) in [5.41, 5.74) is 1.07. The molecule has 0 radical (unpaired) electrons. The Bertz CT molecular complexity index is 341. The van der Waals surface area contributed by atoms with Gasteiger partial charge in [-0.2, -0.15) is 0 Å². The van der Waals surface area contributed by atoms with E-state index in [4.69, 9.17) is 14.2 Å². The maximum atomic E-state index is 5.40. The van der Waals surface area contributed by atoms with Gasteiger partial charge < -0.3 is 19.5 Å². The van der Waals surface area contributed by atoms with Crippen molar-refractivity contribution in [1.29, 1.82) is 0 Å². The van der Waals surface area contributed by atoms with Crippen LogP contribution < -0.4 is 19.5 Å². The quantitative estimate of drug-likeness (QED) is 0.721. The van der Waals surface area contributed by atoms with Gasteiger partial charge in [0.05, 0.1) is 21.3 Å². The highest BCUT2D eigenvalue weighted by atomic mass is 16.5. The Labute approximate surface area is 109 Å². The molecule has 0 aliphatic rings. The molecule has 0 heterocycles. The number of benzene rings is 1. The van der Waals surface area contributed by atoms with E-state index in [1.165, 1.54) is 0 Å². The highest BCUT2D eigenvalue weighted by molar-refractivity contribution is 5.50. The highest BCUT2D eigenvalue weighted by Gasteiger charge is 2.12. The van der Waals surface area contributed by atoms with Crippen LogP contribution in [0.25, 0.3) is 0 Å². The molecule has 0 bridgehead atoms. The smallest absolute Gasteiger partial charge is 0.129 e. The molecule has 0 atom stereocenters. The molecule has 1 rings (SSSR count). The lowest BCUT2D eigenvalue weighted by atomic mass is 10.1. The second-order valence-corrected chi connectivity index (χ2v) is 4.01. The Morgan fingerprint density at radius 2 is 1.56 bits per heavy atom. The largest absolute Gasteiger partial charge is 0.496 e. The third-order valence-corrected chi connectivity index (χ3v) is 2.80. The molecule has 1 aromatic carbocycles. The minimum atomic E-state index is 0.744. The van der Waals surface area contributed by atoms with Crippen LogP contribution in [0.5, 0.6) is 17.2 Å². The Hall–Kier alpha value is -1.42. The summed E-state index contributed by atoms with van der Waals surface area (Å²) in [7, 11) is 4.96. The third kappa shape index (κ3) is 3.81. The normalized spacial score (nSPS) is 10.2. The van der Waals surface area contributed by atoms with Crippen LogP contribution in [-0.2, 0) is 6.42 Å². The number of hydrogen-bond donors (Lipinski definition) is 1. The molecule has 0 unspecified atom stereocenters. The van der Waals surface area contributed by atoms with Gasteiger partial charge in [0.25, 0.3) is 0 Å². The van der Waals surface area contributed by atoms with E-state index < -0.39 is 0 Å². The predicted octanol–water partition coefficient (Wildman–Crippen LogP) is 2.25. The number of ether oxygens (including phenoxy) is 3. The Kier molecular flexibility index (Phi) is 6.36. The summed E-state index contributed by atoms with van der Waals surface area (Å²) in [5, 5.41) is 3.37. The minimum Gasteiger partial charge on any atom is -0.496 e. The monoisotopic (exact) mass is 253 g/mol. The predicted molar refractivity (Wildman–Crippen MR) is 73.0 cm³/mol. The molecule has 1 aromatic rings. The Morgan fingerprint density at radius 1 is 0.944 bits per heavy atom. The second-order valence-electron chi connectivity index (χ2n) is 4.01. The van der Waals surface area contributed by atoms with Crippen molar-refractivity contribution in [2.45, 2.75) is 19.8 Å². The van der Waals surface area contributed by atoms with Gasteiger partial charge in [-0.15, -0.1) is 0 Å². The fourth-order valence-corrected chi connectivity index (χ4v) is 1.84. The van der Waals surface area contributed by atoms with E-state index in [-0.39, 0.29) is 0 Å². The van der Waals surface area contributed by atoms with E-state index in [0.717, 1.165) is 48.7 Å². The van der Waals surface area contributed by atoms with Crippen molar-refractivity contribution in [3.63, 3.8) is 0 Å². The molecule has 0 saturated heterocycles. The van der Waals surface area contributed by atoms with Crippen LogP contribution in [0.1, 0.15) is 18.9 Å². The third-order valence-electron chi connectivity index (χ3n) is 2.80. The number of rotatable bonds is 8. The van der Waals surface area contributed by atoms with E-state index in [1.54, 1.807) is 21.3 Å². The molecule has 1 N–H and O–H groups in total. The topological polar surface area (TPSA) is 39.7 Å². The summed E-state index contributed by atoms with van der Waals surface area (Å²) in [4.78, 5) is 0. The van der Waals surface area contributed by atoms with Gasteiger partial charge in [-0.05, 0) is 25.9 Å². The van der Waals surface area contributed by atoms with E-state index >= 15 is 0 Å². The molecule has 0 aliphatic carbocycles. The van der Waals surface area contributed by atoms with Crippen LogP contribution in [0.3, 0.4) is 0 Å². The second kappa shape index (κ2) is 7.82. The van der Waals surface area contributed by atoms with E-state index in [2.05, 4.69) is 12.2 Å². The van der Waals surface area contributed by atoms with Crippen LogP contribution in [0, 0.1) is 0 Å². The average Bonchev–Trinajstić information content (AvgIpc) is 2.42. The molecular formula is C14H23NO3. The summed E-state index contributed by atoms with van der Waals surface area (Å²) in [6.07, 6.45) is 2.01. The maximum Gasteiger partial charge on any atom is 0.129 e. The Balaban J connectivity index is 2.85. The van der Waals surface area contributed by atoms with E-state index in [1.807, 2.05) is 12.1 Å². The van der Waals surface area contributed by atoms with Crippen molar-refractivity contribution in [2.75, 3.05) is 34.4 Å². The van der Waals surface area contributed by atoms with Crippen molar-refractivity contribution in [1.82, 2.24) is 5.32 Å². The zero-order chi connectivity index (χ0) is 13.4. The molecule has 4 heteroatoms. The molecule has 0 fully saturated rings. The zero-order valence-corrected chi connectivity index (χ0v) is 11.7. The first-order valence-corrected chi connectivity index (χ1v) is 6.26. The minimum absolute atomic E-state index is 0.744. The first kappa shape index (κ1) is 14.6. The fourth-order valence-electron chi connectivity index (χ4n) is 1.84. The number of hydrogen-bond acceptors (Lipinski definition) is 4. The molecular weight excluding hydrogens is 230 g/mol. The molecule has 18 heavy (non-hydrogen) atoms. The molecule has 0 aliphatic heterocycles. The van der Waals surface area contributed by atoms with Gasteiger partial charge in [0.15, 0.2) is 0 Å². The standard InChI is InChI=1S/C14H23NO3/c1-5-7-15-8-6-12-13(17-3)9-11(16-2)10-14(12)18-4/h9-10,15H,5-8H2,1-4H3. The van der Waals surface area contributed by atoms with Crippen molar-refractivity contribution in [3.05, 3.63) is 17.7 Å². The lowest BCUT2D eigenvalue weighted by Gasteiger charge is -2.15. The van der Waals surface area contributed by atoms with E-state index in [0.29, 0.717) is 0 Å². The van der Waals surface area contributed by atoms with Gasteiger partial charge >= 0.3 is 0 Å². The summed E-state index contributed by atoms with van der Waals surface area (Å²) in [6.45, 7) is 4.09. The molecule has 0 aromatic heterocycles. The molecule has 0 amide bonds. The molecule has 4 nitrogen and oxygen atoms in total. The summed E-state index contributed by atoms with van der Waals surface area (Å²) < 4.78 is 16.0. The molecule has 0 spiro atoms. The average molecular weight is 253 g/mol. The van der Waals surface area contributed by atoms with Crippen molar-refractivity contribution < 1.29 is 14.2 Å². The fraction of sp³-hybridized carbons (Fsp3) is 0.571. The summed E-state index contributed by atoms with van der Waals surface area (Å²) in [5.74, 6) is 2.36. The van der Waals surface area contributed by atoms with Crippen LogP contribution in [0.2, 0.25) is 0 Å². The number of nitrogens with one attached hydrogen (secondary N) is 1. The van der Waals surface area contributed by atoms with E-state index in [9.17, 15) is 0 Å². The lowest BCUT2D eigenvalue weighted by molar-refractivity contribution is 0.368. The van der Waals surface area contributed by atoms with Gasteiger partial charge in [0.1, 0.15) is 17.2 Å². The maximum absolute atomic E-state index is 5.40. The van der Waals surface area contributed by atoms with Crippen molar-refractivity contribution >= 4 is 0 Å². The SMILES string of the molecule is CCCNCCc1c(OC)cc(OC)cc1OC. The van der Waals surface area contributed by atoms with Crippen molar-refractivity contribution in [2.24, 2.45) is 0 Å². The highest BCUT2D eigenvalue weighted by Crippen LogP contribution is 2.34. The molecule has 102 valence electrons. The van der Waals surface area contributed by atoms with Gasteiger partial charge in [0.2, 0.25) is 0 Å². The van der Waals surface area contributed by atoms with Crippen LogP contribution >= 0.6 is 0 Å². The first-order valence-electron chi connectivity index (χ1n) is 6.26. The number of methoxy groups -OCH3 is 3. The summed E-state index contributed by atoms with van der Waals surface area (Å²) in [6, 6.07) is 3.77. The zero-order valence-electron chi connectivity index (χ0n) is 11.7. The lowest BCUT2D eigenvalue weighted by Crippen LogP contribution is -2.18. The van der Waals surface area contributed by atoms with Crippen LogP contribution in [0.4, 0.5) is 0 Å². The van der Waals surface area contributed by atoms with Crippen molar-refractivity contribution in [3.8, 4) is 17.2 Å².